The number of carbonyl (C=O) groups excluding carboxylic acids is 1. The van der Waals surface area contributed by atoms with E-state index in [1.807, 2.05) is 0 Å². The minimum atomic E-state index is 0.222. The molecule has 2 heteroatoms. The summed E-state index contributed by atoms with van der Waals surface area (Å²) in [5.41, 5.74) is 0.312. The second-order valence-corrected chi connectivity index (χ2v) is 4.15. The Morgan fingerprint density at radius 3 is 2.92 bits per heavy atom. The smallest absolute Gasteiger partial charge is 0.220 e. The van der Waals surface area contributed by atoms with Gasteiger partial charge in [-0.15, -0.1) is 0 Å². The van der Waals surface area contributed by atoms with E-state index in [0.717, 1.165) is 12.8 Å². The van der Waals surface area contributed by atoms with Crippen molar-refractivity contribution in [3.05, 3.63) is 0 Å². The maximum atomic E-state index is 11.2. The third kappa shape index (κ3) is 1.79. The van der Waals surface area contributed by atoms with Crippen molar-refractivity contribution in [3.8, 4) is 0 Å². The molecule has 1 heterocycles. The van der Waals surface area contributed by atoms with Gasteiger partial charge in [-0.2, -0.15) is 0 Å². The number of carbonyl (C=O) groups is 1. The summed E-state index contributed by atoms with van der Waals surface area (Å²) in [5, 5.41) is 3.04. The zero-order valence-corrected chi connectivity index (χ0v) is 8.31. The average Bonchev–Trinajstić information content (AvgIpc) is 2.14. The van der Waals surface area contributed by atoms with E-state index < -0.39 is 0 Å². The van der Waals surface area contributed by atoms with Crippen LogP contribution >= 0.6 is 0 Å². The number of hydrogen-bond donors (Lipinski definition) is 1. The third-order valence-electron chi connectivity index (χ3n) is 3.38. The SMILES string of the molecule is CC[C@@]1(C)CCCC(=O)NC1C. The Kier molecular flexibility index (Phi) is 2.76. The van der Waals surface area contributed by atoms with Crippen LogP contribution in [0.15, 0.2) is 0 Å². The van der Waals surface area contributed by atoms with Gasteiger partial charge in [-0.3, -0.25) is 4.79 Å². The summed E-state index contributed by atoms with van der Waals surface area (Å²) >= 11 is 0. The molecular weight excluding hydrogens is 150 g/mol. The minimum Gasteiger partial charge on any atom is -0.353 e. The molecule has 1 aliphatic heterocycles. The Morgan fingerprint density at radius 1 is 1.67 bits per heavy atom. The fourth-order valence-electron chi connectivity index (χ4n) is 1.84. The second-order valence-electron chi connectivity index (χ2n) is 4.15. The maximum Gasteiger partial charge on any atom is 0.220 e. The quantitative estimate of drug-likeness (QED) is 0.640. The van der Waals surface area contributed by atoms with Crippen molar-refractivity contribution < 1.29 is 4.79 Å². The van der Waals surface area contributed by atoms with Crippen molar-refractivity contribution >= 4 is 5.91 Å². The van der Waals surface area contributed by atoms with Gasteiger partial charge in [0, 0.05) is 12.5 Å². The van der Waals surface area contributed by atoms with Crippen molar-refractivity contribution in [2.75, 3.05) is 0 Å². The van der Waals surface area contributed by atoms with Gasteiger partial charge in [0.25, 0.3) is 0 Å². The van der Waals surface area contributed by atoms with Crippen molar-refractivity contribution in [2.24, 2.45) is 5.41 Å². The van der Waals surface area contributed by atoms with E-state index in [-0.39, 0.29) is 5.91 Å². The first kappa shape index (κ1) is 9.56. The molecule has 0 aromatic heterocycles. The predicted molar refractivity (Wildman–Crippen MR) is 49.9 cm³/mol. The molecule has 0 aromatic carbocycles. The van der Waals surface area contributed by atoms with Crippen LogP contribution in [0.4, 0.5) is 0 Å². The van der Waals surface area contributed by atoms with Gasteiger partial charge in [0.05, 0.1) is 0 Å². The Morgan fingerprint density at radius 2 is 2.33 bits per heavy atom. The van der Waals surface area contributed by atoms with Crippen molar-refractivity contribution in [1.29, 1.82) is 0 Å². The molecule has 0 saturated carbocycles. The van der Waals surface area contributed by atoms with Crippen LogP contribution in [0.2, 0.25) is 0 Å². The van der Waals surface area contributed by atoms with Crippen LogP contribution in [-0.4, -0.2) is 11.9 Å². The van der Waals surface area contributed by atoms with E-state index in [1.165, 1.54) is 6.42 Å². The van der Waals surface area contributed by atoms with Crippen LogP contribution in [0.5, 0.6) is 0 Å². The predicted octanol–water partition coefficient (Wildman–Crippen LogP) is 2.09. The molecule has 0 aliphatic carbocycles. The van der Waals surface area contributed by atoms with Crippen molar-refractivity contribution in [3.63, 3.8) is 0 Å². The van der Waals surface area contributed by atoms with E-state index in [4.69, 9.17) is 0 Å². The fourth-order valence-corrected chi connectivity index (χ4v) is 1.84. The summed E-state index contributed by atoms with van der Waals surface area (Å²) < 4.78 is 0. The average molecular weight is 169 g/mol. The molecule has 12 heavy (non-hydrogen) atoms. The van der Waals surface area contributed by atoms with Gasteiger partial charge in [0.15, 0.2) is 0 Å². The Labute approximate surface area is 74.7 Å². The number of nitrogens with one attached hydrogen (secondary N) is 1. The van der Waals surface area contributed by atoms with Gasteiger partial charge in [0.2, 0.25) is 5.91 Å². The van der Waals surface area contributed by atoms with Gasteiger partial charge >= 0.3 is 0 Å². The molecule has 2 atom stereocenters. The molecule has 1 fully saturated rings. The molecule has 1 saturated heterocycles. The van der Waals surface area contributed by atoms with E-state index in [1.54, 1.807) is 0 Å². The first-order valence-corrected chi connectivity index (χ1v) is 4.88. The Hall–Kier alpha value is -0.530. The van der Waals surface area contributed by atoms with Crippen LogP contribution in [0, 0.1) is 5.41 Å². The molecule has 1 amide bonds. The highest BCUT2D eigenvalue weighted by atomic mass is 16.1. The number of hydrogen-bond acceptors (Lipinski definition) is 1. The van der Waals surface area contributed by atoms with E-state index >= 15 is 0 Å². The number of rotatable bonds is 1. The van der Waals surface area contributed by atoms with E-state index in [0.29, 0.717) is 17.9 Å². The van der Waals surface area contributed by atoms with E-state index in [9.17, 15) is 4.79 Å². The molecule has 1 aliphatic rings. The van der Waals surface area contributed by atoms with Gasteiger partial charge < -0.3 is 5.32 Å². The standard InChI is InChI=1S/C10H19NO/c1-4-10(3)7-5-6-9(12)11-8(10)2/h8H,4-7H2,1-3H3,(H,11,12)/t8?,10-/m0/s1. The molecule has 70 valence electrons. The lowest BCUT2D eigenvalue weighted by Crippen LogP contribution is -2.41. The summed E-state index contributed by atoms with van der Waals surface area (Å²) in [7, 11) is 0. The Balaban J connectivity index is 2.69. The van der Waals surface area contributed by atoms with Crippen LogP contribution in [0.25, 0.3) is 0 Å². The molecule has 1 unspecified atom stereocenters. The lowest BCUT2D eigenvalue weighted by atomic mass is 9.77. The largest absolute Gasteiger partial charge is 0.353 e. The van der Waals surface area contributed by atoms with Gasteiger partial charge in [-0.1, -0.05) is 13.8 Å². The lowest BCUT2D eigenvalue weighted by molar-refractivity contribution is -0.121. The maximum absolute atomic E-state index is 11.2. The first-order valence-electron chi connectivity index (χ1n) is 4.88. The summed E-state index contributed by atoms with van der Waals surface area (Å²) in [4.78, 5) is 11.2. The number of amides is 1. The van der Waals surface area contributed by atoms with Crippen LogP contribution in [0.1, 0.15) is 46.5 Å². The third-order valence-corrected chi connectivity index (χ3v) is 3.38. The monoisotopic (exact) mass is 169 g/mol. The molecule has 1 rings (SSSR count). The zero-order chi connectivity index (χ0) is 9.19. The van der Waals surface area contributed by atoms with Gasteiger partial charge in [-0.05, 0) is 31.6 Å². The summed E-state index contributed by atoms with van der Waals surface area (Å²) in [6, 6.07) is 0.331. The summed E-state index contributed by atoms with van der Waals surface area (Å²) in [6.45, 7) is 6.59. The highest BCUT2D eigenvalue weighted by Gasteiger charge is 2.32. The molecule has 0 bridgehead atoms. The lowest BCUT2D eigenvalue weighted by Gasteiger charge is -2.33. The summed E-state index contributed by atoms with van der Waals surface area (Å²) in [6.07, 6.45) is 4.07. The highest BCUT2D eigenvalue weighted by Crippen LogP contribution is 2.33. The second kappa shape index (κ2) is 3.46. The Bertz CT molecular complexity index is 179. The van der Waals surface area contributed by atoms with Gasteiger partial charge in [-0.25, -0.2) is 0 Å². The zero-order valence-electron chi connectivity index (χ0n) is 8.31. The summed E-state index contributed by atoms with van der Waals surface area (Å²) in [5.74, 6) is 0.222. The van der Waals surface area contributed by atoms with Crippen molar-refractivity contribution in [1.82, 2.24) is 5.32 Å². The van der Waals surface area contributed by atoms with Crippen molar-refractivity contribution in [2.45, 2.75) is 52.5 Å². The molecule has 1 N–H and O–H groups in total. The van der Waals surface area contributed by atoms with Crippen LogP contribution in [0.3, 0.4) is 0 Å². The topological polar surface area (TPSA) is 29.1 Å². The molecule has 2 nitrogen and oxygen atoms in total. The highest BCUT2D eigenvalue weighted by molar-refractivity contribution is 5.76. The molecule has 0 radical (unpaired) electrons. The van der Waals surface area contributed by atoms with E-state index in [2.05, 4.69) is 26.1 Å². The molecular formula is C10H19NO. The minimum absolute atomic E-state index is 0.222. The first-order chi connectivity index (χ1) is 5.58. The molecule has 0 spiro atoms. The van der Waals surface area contributed by atoms with Gasteiger partial charge in [0.1, 0.15) is 0 Å². The van der Waals surface area contributed by atoms with Crippen LogP contribution < -0.4 is 5.32 Å². The normalized spacial score (nSPS) is 37.2. The fraction of sp³-hybridized carbons (Fsp3) is 0.900. The molecule has 0 aromatic rings. The van der Waals surface area contributed by atoms with Crippen LogP contribution in [-0.2, 0) is 4.79 Å².